The lowest BCUT2D eigenvalue weighted by molar-refractivity contribution is -0.115. The molecule has 1 aromatic heterocycles. The molecule has 0 saturated heterocycles. The average Bonchev–Trinajstić information content (AvgIpc) is 2.70. The first-order valence-corrected chi connectivity index (χ1v) is 9.01. The molecule has 1 heterocycles. The average molecular weight is 375 g/mol. The largest absolute Gasteiger partial charge is 0.326 e. The molecule has 3 rings (SSSR count). The standard InChI is InChI=1S/C22H21N3O3/c1-2-20(26)23-17-10-6-11-18(14-17)24-21(27)19-12-7-13-25(22(19)28)15-16-8-4-3-5-9-16/h3-14H,2,15H2,1H3,(H,23,26)(H,24,27). The molecule has 0 aliphatic carbocycles. The van der Waals surface area contributed by atoms with Crippen LogP contribution in [0.15, 0.2) is 77.7 Å². The Kier molecular flexibility index (Phi) is 6.01. The molecular weight excluding hydrogens is 354 g/mol. The normalized spacial score (nSPS) is 10.3. The SMILES string of the molecule is CCC(=O)Nc1cccc(NC(=O)c2cccn(Cc3ccccc3)c2=O)c1. The molecular formula is C22H21N3O3. The fraction of sp³-hybridized carbons (Fsp3) is 0.136. The third-order valence-corrected chi connectivity index (χ3v) is 4.19. The number of nitrogens with one attached hydrogen (secondary N) is 2. The van der Waals surface area contributed by atoms with Crippen molar-refractivity contribution >= 4 is 23.2 Å². The lowest BCUT2D eigenvalue weighted by atomic mass is 10.2. The second kappa shape index (κ2) is 8.81. The Morgan fingerprint density at radius 3 is 2.32 bits per heavy atom. The van der Waals surface area contributed by atoms with Gasteiger partial charge in [-0.15, -0.1) is 0 Å². The van der Waals surface area contributed by atoms with E-state index in [4.69, 9.17) is 0 Å². The zero-order valence-electron chi connectivity index (χ0n) is 15.5. The Labute approximate surface area is 162 Å². The Morgan fingerprint density at radius 1 is 0.893 bits per heavy atom. The molecule has 0 aliphatic heterocycles. The van der Waals surface area contributed by atoms with Crippen molar-refractivity contribution in [2.75, 3.05) is 10.6 Å². The molecule has 0 unspecified atom stereocenters. The molecule has 2 N–H and O–H groups in total. The van der Waals surface area contributed by atoms with Gasteiger partial charge in [-0.25, -0.2) is 0 Å². The highest BCUT2D eigenvalue weighted by atomic mass is 16.2. The van der Waals surface area contributed by atoms with Crippen LogP contribution in [-0.4, -0.2) is 16.4 Å². The van der Waals surface area contributed by atoms with E-state index in [1.807, 2.05) is 30.3 Å². The van der Waals surface area contributed by atoms with Crippen LogP contribution in [0, 0.1) is 0 Å². The van der Waals surface area contributed by atoms with E-state index in [-0.39, 0.29) is 17.0 Å². The number of pyridine rings is 1. The van der Waals surface area contributed by atoms with Crippen LogP contribution in [0.25, 0.3) is 0 Å². The summed E-state index contributed by atoms with van der Waals surface area (Å²) in [5, 5.41) is 5.45. The summed E-state index contributed by atoms with van der Waals surface area (Å²) in [6.45, 7) is 2.15. The molecule has 28 heavy (non-hydrogen) atoms. The number of carbonyl (C=O) groups is 2. The summed E-state index contributed by atoms with van der Waals surface area (Å²) in [7, 11) is 0. The van der Waals surface area contributed by atoms with Crippen molar-refractivity contribution in [1.82, 2.24) is 4.57 Å². The summed E-state index contributed by atoms with van der Waals surface area (Å²) in [5.74, 6) is -0.610. The highest BCUT2D eigenvalue weighted by Crippen LogP contribution is 2.16. The fourth-order valence-corrected chi connectivity index (χ4v) is 2.74. The minimum absolute atomic E-state index is 0.0569. The summed E-state index contributed by atoms with van der Waals surface area (Å²) >= 11 is 0. The van der Waals surface area contributed by atoms with Gasteiger partial charge in [-0.1, -0.05) is 43.3 Å². The van der Waals surface area contributed by atoms with Crippen LogP contribution in [0.5, 0.6) is 0 Å². The fourth-order valence-electron chi connectivity index (χ4n) is 2.74. The maximum Gasteiger partial charge on any atom is 0.263 e. The van der Waals surface area contributed by atoms with Crippen LogP contribution in [0.1, 0.15) is 29.3 Å². The summed E-state index contributed by atoms with van der Waals surface area (Å²) in [4.78, 5) is 36.8. The number of hydrogen-bond acceptors (Lipinski definition) is 3. The molecule has 142 valence electrons. The molecule has 0 atom stereocenters. The van der Waals surface area contributed by atoms with Crippen LogP contribution in [0.3, 0.4) is 0 Å². The smallest absolute Gasteiger partial charge is 0.263 e. The molecule has 2 aromatic carbocycles. The Morgan fingerprint density at radius 2 is 1.61 bits per heavy atom. The van der Waals surface area contributed by atoms with Crippen LogP contribution in [0.2, 0.25) is 0 Å². The molecule has 0 saturated carbocycles. The number of anilines is 2. The zero-order valence-corrected chi connectivity index (χ0v) is 15.5. The van der Waals surface area contributed by atoms with Gasteiger partial charge in [-0.05, 0) is 35.9 Å². The van der Waals surface area contributed by atoms with Gasteiger partial charge in [0.2, 0.25) is 5.91 Å². The third kappa shape index (κ3) is 4.73. The van der Waals surface area contributed by atoms with E-state index in [0.717, 1.165) is 5.56 Å². The van der Waals surface area contributed by atoms with Crippen molar-refractivity contribution in [2.45, 2.75) is 19.9 Å². The van der Waals surface area contributed by atoms with Crippen LogP contribution in [0.4, 0.5) is 11.4 Å². The number of aromatic nitrogens is 1. The Bertz CT molecular complexity index is 1040. The van der Waals surface area contributed by atoms with Crippen molar-refractivity contribution < 1.29 is 9.59 Å². The topological polar surface area (TPSA) is 80.2 Å². The van der Waals surface area contributed by atoms with Gasteiger partial charge in [0.05, 0.1) is 6.54 Å². The van der Waals surface area contributed by atoms with Gasteiger partial charge in [0, 0.05) is 24.0 Å². The van der Waals surface area contributed by atoms with Crippen molar-refractivity contribution in [3.8, 4) is 0 Å². The summed E-state index contributed by atoms with van der Waals surface area (Å²) in [6, 6.07) is 19.6. The molecule has 6 nitrogen and oxygen atoms in total. The quantitative estimate of drug-likeness (QED) is 0.692. The molecule has 0 spiro atoms. The van der Waals surface area contributed by atoms with E-state index in [9.17, 15) is 14.4 Å². The third-order valence-electron chi connectivity index (χ3n) is 4.19. The van der Waals surface area contributed by atoms with Gasteiger partial charge in [0.25, 0.3) is 11.5 Å². The maximum absolute atomic E-state index is 12.7. The van der Waals surface area contributed by atoms with Gasteiger partial charge in [0.15, 0.2) is 0 Å². The minimum Gasteiger partial charge on any atom is -0.326 e. The maximum atomic E-state index is 12.7. The minimum atomic E-state index is -0.494. The predicted octanol–water partition coefficient (Wildman–Crippen LogP) is 3.50. The van der Waals surface area contributed by atoms with Crippen molar-refractivity contribution in [3.05, 3.63) is 94.4 Å². The van der Waals surface area contributed by atoms with E-state index >= 15 is 0 Å². The first-order chi connectivity index (χ1) is 13.6. The number of rotatable bonds is 6. The summed E-state index contributed by atoms with van der Waals surface area (Å²) < 4.78 is 1.50. The van der Waals surface area contributed by atoms with E-state index in [0.29, 0.717) is 24.3 Å². The van der Waals surface area contributed by atoms with Crippen LogP contribution >= 0.6 is 0 Å². The van der Waals surface area contributed by atoms with E-state index in [2.05, 4.69) is 10.6 Å². The van der Waals surface area contributed by atoms with Gasteiger partial charge in [0.1, 0.15) is 5.56 Å². The lowest BCUT2D eigenvalue weighted by Gasteiger charge is -2.10. The first-order valence-electron chi connectivity index (χ1n) is 9.01. The van der Waals surface area contributed by atoms with E-state index in [1.165, 1.54) is 10.6 Å². The van der Waals surface area contributed by atoms with Gasteiger partial charge >= 0.3 is 0 Å². The monoisotopic (exact) mass is 375 g/mol. The second-order valence-electron chi connectivity index (χ2n) is 6.28. The molecule has 3 aromatic rings. The van der Waals surface area contributed by atoms with Crippen molar-refractivity contribution in [2.24, 2.45) is 0 Å². The number of amides is 2. The summed E-state index contributed by atoms with van der Waals surface area (Å²) in [5.41, 5.74) is 1.75. The van der Waals surface area contributed by atoms with Crippen molar-refractivity contribution in [3.63, 3.8) is 0 Å². The number of nitrogens with zero attached hydrogens (tertiary/aromatic N) is 1. The molecule has 0 bridgehead atoms. The van der Waals surface area contributed by atoms with Gasteiger partial charge in [-0.3, -0.25) is 14.4 Å². The van der Waals surface area contributed by atoms with E-state index in [1.54, 1.807) is 43.5 Å². The highest BCUT2D eigenvalue weighted by molar-refractivity contribution is 6.04. The summed E-state index contributed by atoms with van der Waals surface area (Å²) in [6.07, 6.45) is 2.02. The first kappa shape index (κ1) is 19.1. The Hall–Kier alpha value is -3.67. The molecule has 2 amide bonds. The van der Waals surface area contributed by atoms with Crippen LogP contribution in [-0.2, 0) is 11.3 Å². The van der Waals surface area contributed by atoms with E-state index < -0.39 is 5.91 Å². The molecule has 6 heteroatoms. The Balaban J connectivity index is 1.78. The predicted molar refractivity (Wildman–Crippen MR) is 110 cm³/mol. The number of hydrogen-bond donors (Lipinski definition) is 2. The van der Waals surface area contributed by atoms with Crippen molar-refractivity contribution in [1.29, 1.82) is 0 Å². The lowest BCUT2D eigenvalue weighted by Crippen LogP contribution is -2.29. The zero-order chi connectivity index (χ0) is 19.9. The molecule has 0 fully saturated rings. The van der Waals surface area contributed by atoms with Gasteiger partial charge in [-0.2, -0.15) is 0 Å². The molecule has 0 aliphatic rings. The van der Waals surface area contributed by atoms with Crippen LogP contribution < -0.4 is 16.2 Å². The second-order valence-corrected chi connectivity index (χ2v) is 6.28. The number of carbonyl (C=O) groups excluding carboxylic acids is 2. The number of benzene rings is 2. The van der Waals surface area contributed by atoms with Gasteiger partial charge < -0.3 is 15.2 Å². The molecule has 0 radical (unpaired) electrons. The highest BCUT2D eigenvalue weighted by Gasteiger charge is 2.13.